The Morgan fingerprint density at radius 3 is 2.81 bits per heavy atom. The van der Waals surface area contributed by atoms with Crippen molar-refractivity contribution >= 4 is 29.2 Å². The van der Waals surface area contributed by atoms with Crippen LogP contribution in [0.25, 0.3) is 0 Å². The van der Waals surface area contributed by atoms with Gasteiger partial charge in [0, 0.05) is 12.6 Å². The van der Waals surface area contributed by atoms with Crippen molar-refractivity contribution < 1.29 is 4.74 Å². The molecule has 1 aliphatic carbocycles. The van der Waals surface area contributed by atoms with E-state index in [4.69, 9.17) is 16.3 Å². The van der Waals surface area contributed by atoms with Gasteiger partial charge in [0.2, 0.25) is 5.28 Å². The van der Waals surface area contributed by atoms with Crippen LogP contribution in [-0.4, -0.2) is 41.0 Å². The number of hydrogen-bond acceptors (Lipinski definition) is 4. The zero-order chi connectivity index (χ0) is 15.0. The second-order valence-corrected chi connectivity index (χ2v) is 8.86. The van der Waals surface area contributed by atoms with Crippen LogP contribution in [0.3, 0.4) is 0 Å². The van der Waals surface area contributed by atoms with Gasteiger partial charge < -0.3 is 9.64 Å². The maximum absolute atomic E-state index is 6.19. The number of halogens is 1. The molecule has 1 aromatic rings. The highest BCUT2D eigenvalue weighted by atomic mass is 35.5. The highest BCUT2D eigenvalue weighted by Gasteiger charge is 2.41. The number of aromatic nitrogens is 2. The molecule has 0 bridgehead atoms. The molecular formula is C15H23ClN3OS+. The largest absolute Gasteiger partial charge is 0.377 e. The minimum absolute atomic E-state index is 0.0258. The smallest absolute Gasteiger partial charge is 0.224 e. The van der Waals surface area contributed by atoms with Crippen molar-refractivity contribution in [3.63, 3.8) is 0 Å². The van der Waals surface area contributed by atoms with Crippen LogP contribution in [0.15, 0.2) is 6.07 Å². The zero-order valence-corrected chi connectivity index (χ0v) is 14.5. The van der Waals surface area contributed by atoms with Gasteiger partial charge in [-0.25, -0.2) is 9.97 Å². The zero-order valence-electron chi connectivity index (χ0n) is 12.8. The van der Waals surface area contributed by atoms with Gasteiger partial charge in [0.15, 0.2) is 4.75 Å². The van der Waals surface area contributed by atoms with Crippen molar-refractivity contribution in [2.75, 3.05) is 24.7 Å². The van der Waals surface area contributed by atoms with E-state index >= 15 is 0 Å². The van der Waals surface area contributed by atoms with Gasteiger partial charge in [0.05, 0.1) is 19.3 Å². The summed E-state index contributed by atoms with van der Waals surface area (Å²) in [5.41, 5.74) is 1.05. The summed E-state index contributed by atoms with van der Waals surface area (Å²) in [6.07, 6.45) is 2.69. The maximum atomic E-state index is 6.19. The topological polar surface area (TPSA) is 38.2 Å². The quantitative estimate of drug-likeness (QED) is 0.484. The third-order valence-corrected chi connectivity index (χ3v) is 5.95. The van der Waals surface area contributed by atoms with Crippen molar-refractivity contribution in [1.29, 1.82) is 0 Å². The molecule has 0 N–H and O–H groups in total. The monoisotopic (exact) mass is 328 g/mol. The van der Waals surface area contributed by atoms with Gasteiger partial charge >= 0.3 is 0 Å². The van der Waals surface area contributed by atoms with Crippen molar-refractivity contribution in [1.82, 2.24) is 9.97 Å². The van der Waals surface area contributed by atoms with Crippen LogP contribution in [0.5, 0.6) is 0 Å². The first kappa shape index (κ1) is 15.4. The summed E-state index contributed by atoms with van der Waals surface area (Å²) in [5.74, 6) is 0.930. The highest BCUT2D eigenvalue weighted by molar-refractivity contribution is 7.80. The molecule has 2 aliphatic rings. The Kier molecular flexibility index (Phi) is 4.35. The number of nitrogens with zero attached hydrogens (tertiary/aromatic N) is 3. The number of rotatable bonds is 4. The van der Waals surface area contributed by atoms with Crippen molar-refractivity contribution in [3.05, 3.63) is 17.0 Å². The molecular weight excluding hydrogens is 306 g/mol. The van der Waals surface area contributed by atoms with E-state index in [1.165, 1.54) is 24.6 Å². The SMILES string of the molecule is C[C@H]1COCCN1c1cc(C(C)(C)[SH+]C2CC2)nc(Cl)n1. The molecule has 0 amide bonds. The van der Waals surface area contributed by atoms with Crippen LogP contribution in [0.2, 0.25) is 5.28 Å². The van der Waals surface area contributed by atoms with Crippen LogP contribution in [0.1, 0.15) is 39.3 Å². The molecule has 1 saturated carbocycles. The lowest BCUT2D eigenvalue weighted by molar-refractivity contribution is 0.0985. The van der Waals surface area contributed by atoms with Crippen molar-refractivity contribution in [2.45, 2.75) is 49.7 Å². The Bertz CT molecular complexity index is 522. The van der Waals surface area contributed by atoms with Gasteiger partial charge in [-0.15, -0.1) is 0 Å². The van der Waals surface area contributed by atoms with Crippen LogP contribution >= 0.6 is 11.6 Å². The molecule has 0 aromatic carbocycles. The summed E-state index contributed by atoms with van der Waals surface area (Å²) < 4.78 is 5.53. The van der Waals surface area contributed by atoms with Gasteiger partial charge in [0.25, 0.3) is 0 Å². The lowest BCUT2D eigenvalue weighted by atomic mass is 10.1. The molecule has 1 aliphatic heterocycles. The molecule has 0 spiro atoms. The Morgan fingerprint density at radius 1 is 1.38 bits per heavy atom. The van der Waals surface area contributed by atoms with E-state index < -0.39 is 0 Å². The second-order valence-electron chi connectivity index (χ2n) is 6.42. The molecule has 4 nitrogen and oxygen atoms in total. The van der Waals surface area contributed by atoms with Crippen molar-refractivity contribution in [3.8, 4) is 0 Å². The number of anilines is 1. The number of thiol groups is 1. The van der Waals surface area contributed by atoms with Crippen LogP contribution in [-0.2, 0) is 21.2 Å². The van der Waals surface area contributed by atoms with E-state index in [2.05, 4.69) is 41.7 Å². The van der Waals surface area contributed by atoms with Crippen LogP contribution < -0.4 is 4.90 Å². The van der Waals surface area contributed by atoms with Gasteiger partial charge in [-0.05, 0) is 57.0 Å². The van der Waals surface area contributed by atoms with Gasteiger partial charge in [-0.2, -0.15) is 0 Å². The fraction of sp³-hybridized carbons (Fsp3) is 0.733. The fourth-order valence-electron chi connectivity index (χ4n) is 2.66. The second kappa shape index (κ2) is 5.94. The Morgan fingerprint density at radius 2 is 2.14 bits per heavy atom. The molecule has 0 unspecified atom stereocenters. The molecule has 116 valence electrons. The minimum atomic E-state index is 0.0258. The summed E-state index contributed by atoms with van der Waals surface area (Å²) in [5, 5.41) is 1.18. The standard InChI is InChI=1S/C15H22ClN3OS/c1-10-9-20-7-6-19(10)13-8-12(17-14(16)18-13)15(2,3)21-11-4-5-11/h8,10-11H,4-7,9H2,1-3H3/p+1/t10-/m0/s1. The predicted octanol–water partition coefficient (Wildman–Crippen LogP) is 2.57. The molecule has 3 rings (SSSR count). The molecule has 0 radical (unpaired) electrons. The number of morpholine rings is 1. The molecule has 2 fully saturated rings. The van der Waals surface area contributed by atoms with E-state index in [1.807, 2.05) is 0 Å². The van der Waals surface area contributed by atoms with Crippen LogP contribution in [0, 0.1) is 0 Å². The van der Waals surface area contributed by atoms with Gasteiger partial charge in [0.1, 0.15) is 16.8 Å². The first-order valence-corrected chi connectivity index (χ1v) is 8.91. The first-order chi connectivity index (χ1) is 9.95. The third-order valence-electron chi connectivity index (χ3n) is 4.03. The molecule has 21 heavy (non-hydrogen) atoms. The van der Waals surface area contributed by atoms with Crippen LogP contribution in [0.4, 0.5) is 5.82 Å². The Hall–Kier alpha value is -0.520. The maximum Gasteiger partial charge on any atom is 0.224 e. The normalized spacial score (nSPS) is 23.4. The van der Waals surface area contributed by atoms with E-state index in [9.17, 15) is 0 Å². The third kappa shape index (κ3) is 3.63. The van der Waals surface area contributed by atoms with Gasteiger partial charge in [-0.3, -0.25) is 0 Å². The molecule has 1 aromatic heterocycles. The lowest BCUT2D eigenvalue weighted by Crippen LogP contribution is -2.44. The number of hydrogen-bond donors (Lipinski definition) is 0. The van der Waals surface area contributed by atoms with E-state index in [0.29, 0.717) is 11.3 Å². The average molecular weight is 329 g/mol. The predicted molar refractivity (Wildman–Crippen MR) is 89.5 cm³/mol. The number of ether oxygens (including phenoxy) is 1. The summed E-state index contributed by atoms with van der Waals surface area (Å²) in [6, 6.07) is 2.44. The molecule has 6 heteroatoms. The highest BCUT2D eigenvalue weighted by Crippen LogP contribution is 2.36. The van der Waals surface area contributed by atoms with Crippen molar-refractivity contribution in [2.24, 2.45) is 0 Å². The summed E-state index contributed by atoms with van der Waals surface area (Å²) in [4.78, 5) is 11.2. The lowest BCUT2D eigenvalue weighted by Gasteiger charge is -2.34. The minimum Gasteiger partial charge on any atom is -0.377 e. The summed E-state index contributed by atoms with van der Waals surface area (Å²) >= 11 is 7.64. The van der Waals surface area contributed by atoms with E-state index in [1.54, 1.807) is 0 Å². The molecule has 1 atom stereocenters. The summed E-state index contributed by atoms with van der Waals surface area (Å²) in [7, 11) is 0. The molecule has 2 heterocycles. The first-order valence-electron chi connectivity index (χ1n) is 7.57. The van der Waals surface area contributed by atoms with E-state index in [-0.39, 0.29) is 4.75 Å². The van der Waals surface area contributed by atoms with Gasteiger partial charge in [-0.1, -0.05) is 0 Å². The average Bonchev–Trinajstić information content (AvgIpc) is 3.22. The fourth-order valence-corrected chi connectivity index (χ4v) is 4.40. The summed E-state index contributed by atoms with van der Waals surface area (Å²) in [6.45, 7) is 8.99. The Balaban J connectivity index is 1.88. The molecule has 1 saturated heterocycles. The van der Waals surface area contributed by atoms with E-state index in [0.717, 1.165) is 36.5 Å². The Labute approximate surface area is 135 Å².